The summed E-state index contributed by atoms with van der Waals surface area (Å²) >= 11 is 0. The molecule has 2 aromatic rings. The Hall–Kier alpha value is -3.97. The SMILES string of the molecule is CNc1nc(Nc2ccc(F)cc2)ncc1C#CCCCNC(=O)[C@@H]1C[C@H](C)CN1C(=O)/C=C/CN(C)C. The second-order valence-corrected chi connectivity index (χ2v) is 9.55. The molecule has 1 aliphatic rings. The third kappa shape index (κ3) is 8.56. The minimum atomic E-state index is -0.440. The summed E-state index contributed by atoms with van der Waals surface area (Å²) in [5, 5.41) is 9.00. The number of benzene rings is 1. The third-order valence-electron chi connectivity index (χ3n) is 5.95. The zero-order chi connectivity index (χ0) is 27.5. The van der Waals surface area contributed by atoms with Crippen LogP contribution >= 0.6 is 0 Å². The van der Waals surface area contributed by atoms with Gasteiger partial charge >= 0.3 is 0 Å². The number of aromatic nitrogens is 2. The number of likely N-dealkylation sites (tertiary alicyclic amines) is 1. The summed E-state index contributed by atoms with van der Waals surface area (Å²) in [4.78, 5) is 37.7. The zero-order valence-corrected chi connectivity index (χ0v) is 22.4. The van der Waals surface area contributed by atoms with Crippen molar-refractivity contribution >= 4 is 29.3 Å². The molecule has 2 atom stereocenters. The Labute approximate surface area is 223 Å². The summed E-state index contributed by atoms with van der Waals surface area (Å²) in [5.74, 6) is 6.84. The smallest absolute Gasteiger partial charge is 0.246 e. The predicted octanol–water partition coefficient (Wildman–Crippen LogP) is 3.00. The van der Waals surface area contributed by atoms with E-state index in [9.17, 15) is 14.0 Å². The molecule has 2 amide bonds. The molecule has 1 aliphatic heterocycles. The van der Waals surface area contributed by atoms with Crippen LogP contribution in [0, 0.1) is 23.6 Å². The fourth-order valence-electron chi connectivity index (χ4n) is 4.05. The van der Waals surface area contributed by atoms with Crippen molar-refractivity contribution in [3.63, 3.8) is 0 Å². The highest BCUT2D eigenvalue weighted by Crippen LogP contribution is 2.23. The van der Waals surface area contributed by atoms with Crippen LogP contribution < -0.4 is 16.0 Å². The minimum Gasteiger partial charge on any atom is -0.372 e. The first-order chi connectivity index (χ1) is 18.3. The van der Waals surface area contributed by atoms with Gasteiger partial charge in [-0.15, -0.1) is 0 Å². The summed E-state index contributed by atoms with van der Waals surface area (Å²) in [6.45, 7) is 3.79. The second-order valence-electron chi connectivity index (χ2n) is 9.55. The van der Waals surface area contributed by atoms with E-state index in [0.717, 1.165) is 0 Å². The Bertz CT molecular complexity index is 1190. The number of anilines is 3. The Kier molecular flexibility index (Phi) is 10.6. The van der Waals surface area contributed by atoms with Gasteiger partial charge in [-0.25, -0.2) is 9.37 Å². The topological polar surface area (TPSA) is 102 Å². The van der Waals surface area contributed by atoms with Crippen LogP contribution in [0.5, 0.6) is 0 Å². The molecule has 0 radical (unpaired) electrons. The summed E-state index contributed by atoms with van der Waals surface area (Å²) in [6.07, 6.45) is 6.92. The molecule has 0 spiro atoms. The van der Waals surface area contributed by atoms with Crippen molar-refractivity contribution in [1.82, 2.24) is 25.1 Å². The monoisotopic (exact) mass is 521 g/mol. The quantitative estimate of drug-likeness (QED) is 0.251. The highest BCUT2D eigenvalue weighted by molar-refractivity contribution is 5.93. The maximum Gasteiger partial charge on any atom is 0.246 e. The van der Waals surface area contributed by atoms with Crippen molar-refractivity contribution < 1.29 is 14.0 Å². The molecular formula is C28H36FN7O2. The normalized spacial score (nSPS) is 16.8. The lowest BCUT2D eigenvalue weighted by atomic mass is 10.1. The number of nitrogens with zero attached hydrogens (tertiary/aromatic N) is 4. The van der Waals surface area contributed by atoms with E-state index in [2.05, 4.69) is 44.7 Å². The van der Waals surface area contributed by atoms with Crippen LogP contribution in [0.15, 0.2) is 42.6 Å². The van der Waals surface area contributed by atoms with Crippen LogP contribution in [0.25, 0.3) is 0 Å². The summed E-state index contributed by atoms with van der Waals surface area (Å²) in [7, 11) is 5.62. The Morgan fingerprint density at radius 1 is 1.26 bits per heavy atom. The molecule has 9 nitrogen and oxygen atoms in total. The van der Waals surface area contributed by atoms with Crippen LogP contribution in [0.4, 0.5) is 21.8 Å². The van der Waals surface area contributed by atoms with Gasteiger partial charge in [-0.3, -0.25) is 9.59 Å². The van der Waals surface area contributed by atoms with E-state index in [1.165, 1.54) is 12.1 Å². The number of unbranched alkanes of at least 4 members (excludes halogenated alkanes) is 1. The number of carbonyl (C=O) groups excluding carboxylic acids is 2. The molecule has 1 fully saturated rings. The van der Waals surface area contributed by atoms with Gasteiger partial charge < -0.3 is 25.8 Å². The number of rotatable bonds is 10. The van der Waals surface area contributed by atoms with Gasteiger partial charge in [-0.1, -0.05) is 24.8 Å². The lowest BCUT2D eigenvalue weighted by Gasteiger charge is -2.22. The maximum atomic E-state index is 13.1. The number of amides is 2. The van der Waals surface area contributed by atoms with Crippen molar-refractivity contribution in [1.29, 1.82) is 0 Å². The van der Waals surface area contributed by atoms with Gasteiger partial charge in [0.15, 0.2) is 0 Å². The van der Waals surface area contributed by atoms with Crippen molar-refractivity contribution in [3.05, 3.63) is 54.0 Å². The average molecular weight is 522 g/mol. The molecule has 0 aliphatic carbocycles. The van der Waals surface area contributed by atoms with Gasteiger partial charge in [-0.2, -0.15) is 4.98 Å². The van der Waals surface area contributed by atoms with Crippen LogP contribution in [-0.4, -0.2) is 78.4 Å². The van der Waals surface area contributed by atoms with E-state index in [4.69, 9.17) is 0 Å². The van der Waals surface area contributed by atoms with E-state index in [1.807, 2.05) is 25.1 Å². The molecule has 1 aromatic heterocycles. The summed E-state index contributed by atoms with van der Waals surface area (Å²) in [6, 6.07) is 5.49. The zero-order valence-electron chi connectivity index (χ0n) is 22.4. The van der Waals surface area contributed by atoms with Gasteiger partial charge in [0, 0.05) is 44.9 Å². The van der Waals surface area contributed by atoms with Crippen molar-refractivity contribution in [3.8, 4) is 11.8 Å². The molecule has 3 rings (SSSR count). The van der Waals surface area contributed by atoms with Crippen molar-refractivity contribution in [2.75, 3.05) is 51.4 Å². The third-order valence-corrected chi connectivity index (χ3v) is 5.95. The average Bonchev–Trinajstić information content (AvgIpc) is 3.29. The first-order valence-corrected chi connectivity index (χ1v) is 12.7. The molecule has 10 heteroatoms. The first kappa shape index (κ1) is 28.6. The fraction of sp³-hybridized carbons (Fsp3) is 0.429. The molecule has 38 heavy (non-hydrogen) atoms. The van der Waals surface area contributed by atoms with E-state index in [0.29, 0.717) is 61.9 Å². The van der Waals surface area contributed by atoms with Crippen LogP contribution in [-0.2, 0) is 9.59 Å². The van der Waals surface area contributed by atoms with E-state index >= 15 is 0 Å². The number of carbonyl (C=O) groups is 2. The highest BCUT2D eigenvalue weighted by atomic mass is 19.1. The summed E-state index contributed by atoms with van der Waals surface area (Å²) < 4.78 is 13.1. The standard InChI is InChI=1S/C28H36FN7O2/c1-20-17-24(36(19-20)25(37)10-8-16-35(3)4)27(38)31-15-7-5-6-9-21-18-32-28(34-26(21)30-2)33-23-13-11-22(29)12-14-23/h8,10-14,18,20,24H,5,7,15-17,19H2,1-4H3,(H,31,38)(H2,30,32,33,34)/b10-8+/t20-,24-/m0/s1. The Morgan fingerprint density at radius 3 is 2.74 bits per heavy atom. The molecule has 2 heterocycles. The predicted molar refractivity (Wildman–Crippen MR) is 147 cm³/mol. The number of nitrogens with one attached hydrogen (secondary N) is 3. The number of hydrogen-bond acceptors (Lipinski definition) is 7. The lowest BCUT2D eigenvalue weighted by molar-refractivity contribution is -0.135. The van der Waals surface area contributed by atoms with Crippen molar-refractivity contribution in [2.24, 2.45) is 5.92 Å². The van der Waals surface area contributed by atoms with Gasteiger partial charge in [0.25, 0.3) is 0 Å². The highest BCUT2D eigenvalue weighted by Gasteiger charge is 2.36. The molecule has 202 valence electrons. The van der Waals surface area contributed by atoms with E-state index in [-0.39, 0.29) is 23.5 Å². The molecule has 1 aromatic carbocycles. The fourth-order valence-corrected chi connectivity index (χ4v) is 4.05. The van der Waals surface area contributed by atoms with Gasteiger partial charge in [-0.05, 0) is 57.1 Å². The van der Waals surface area contributed by atoms with E-state index < -0.39 is 6.04 Å². The molecule has 0 saturated carbocycles. The molecule has 0 unspecified atom stereocenters. The van der Waals surface area contributed by atoms with Gasteiger partial charge in [0.2, 0.25) is 17.8 Å². The van der Waals surface area contributed by atoms with Crippen LogP contribution in [0.3, 0.4) is 0 Å². The molecule has 3 N–H and O–H groups in total. The Morgan fingerprint density at radius 2 is 2.03 bits per heavy atom. The number of likely N-dealkylation sites (N-methyl/N-ethyl adjacent to an activating group) is 1. The van der Waals surface area contributed by atoms with Gasteiger partial charge in [0.1, 0.15) is 17.7 Å². The maximum absolute atomic E-state index is 13.1. The van der Waals surface area contributed by atoms with Gasteiger partial charge in [0.05, 0.1) is 11.8 Å². The summed E-state index contributed by atoms with van der Waals surface area (Å²) in [5.41, 5.74) is 1.33. The number of hydrogen-bond donors (Lipinski definition) is 3. The first-order valence-electron chi connectivity index (χ1n) is 12.7. The minimum absolute atomic E-state index is 0.119. The number of halogens is 1. The molecular weight excluding hydrogens is 485 g/mol. The van der Waals surface area contributed by atoms with Crippen molar-refractivity contribution in [2.45, 2.75) is 32.2 Å². The Balaban J connectivity index is 1.47. The molecule has 1 saturated heterocycles. The van der Waals surface area contributed by atoms with E-state index in [1.54, 1.807) is 36.4 Å². The van der Waals surface area contributed by atoms with Crippen LogP contribution in [0.1, 0.15) is 31.7 Å². The molecule has 0 bridgehead atoms. The largest absolute Gasteiger partial charge is 0.372 e. The van der Waals surface area contributed by atoms with Crippen LogP contribution in [0.2, 0.25) is 0 Å². The lowest BCUT2D eigenvalue weighted by Crippen LogP contribution is -2.45. The second kappa shape index (κ2) is 14.1.